The van der Waals surface area contributed by atoms with Crippen LogP contribution in [-0.2, 0) is 11.2 Å². The minimum absolute atomic E-state index is 0.0133. The van der Waals surface area contributed by atoms with Crippen LogP contribution in [0.4, 0.5) is 8.78 Å². The maximum atomic E-state index is 13.6. The average molecular weight is 293 g/mol. The molecule has 2 aromatic rings. The van der Waals surface area contributed by atoms with Crippen LogP contribution in [0.25, 0.3) is 0 Å². The molecule has 0 aliphatic carbocycles. The van der Waals surface area contributed by atoms with Crippen molar-refractivity contribution in [3.63, 3.8) is 0 Å². The third-order valence-corrected chi connectivity index (χ3v) is 3.31. The van der Waals surface area contributed by atoms with Gasteiger partial charge in [-0.2, -0.15) is 0 Å². The first-order valence-corrected chi connectivity index (χ1v) is 6.69. The lowest BCUT2D eigenvalue weighted by atomic mass is 10.1. The lowest BCUT2D eigenvalue weighted by Gasteiger charge is -2.18. The first-order valence-electron chi connectivity index (χ1n) is 6.69. The zero-order valence-electron chi connectivity index (χ0n) is 11.9. The Morgan fingerprint density at radius 3 is 2.57 bits per heavy atom. The molecule has 0 radical (unpaired) electrons. The molecule has 0 aliphatic rings. The summed E-state index contributed by atoms with van der Waals surface area (Å²) in [5, 5.41) is 2.75. The van der Waals surface area contributed by atoms with Crippen LogP contribution in [-0.4, -0.2) is 21.5 Å². The topological polar surface area (TPSA) is 46.9 Å². The molecular formula is C15H17F2N3O. The van der Waals surface area contributed by atoms with Crippen molar-refractivity contribution in [3.8, 4) is 0 Å². The first-order chi connectivity index (χ1) is 9.99. The molecule has 0 saturated carbocycles. The minimum Gasteiger partial charge on any atom is -0.352 e. The first kappa shape index (κ1) is 15.2. The normalized spacial score (nSPS) is 13.7. The van der Waals surface area contributed by atoms with Crippen molar-refractivity contribution in [3.05, 3.63) is 54.1 Å². The van der Waals surface area contributed by atoms with Crippen LogP contribution in [0.5, 0.6) is 0 Å². The number of hydrogen-bond donors (Lipinski definition) is 1. The fraction of sp³-hybridized carbons (Fsp3) is 0.333. The quantitative estimate of drug-likeness (QED) is 0.920. The standard InChI is InChI=1S/C15H17F2N3O/c1-10(8-12-13(16)4-3-5-14(12)17)19-15(21)11(2)20-7-6-18-9-20/h3-7,9-11H,8H2,1-2H3,(H,19,21)/t10-,11-/m0/s1. The van der Waals surface area contributed by atoms with E-state index in [0.717, 1.165) is 0 Å². The van der Waals surface area contributed by atoms with E-state index in [-0.39, 0.29) is 23.9 Å². The highest BCUT2D eigenvalue weighted by molar-refractivity contribution is 5.80. The maximum absolute atomic E-state index is 13.6. The van der Waals surface area contributed by atoms with Crippen molar-refractivity contribution in [1.82, 2.24) is 14.9 Å². The van der Waals surface area contributed by atoms with Crippen LogP contribution in [0.1, 0.15) is 25.5 Å². The molecule has 0 bridgehead atoms. The number of benzene rings is 1. The second-order valence-electron chi connectivity index (χ2n) is 5.00. The predicted molar refractivity (Wildman–Crippen MR) is 74.6 cm³/mol. The number of nitrogens with one attached hydrogen (secondary N) is 1. The number of amides is 1. The van der Waals surface area contributed by atoms with Crippen molar-refractivity contribution >= 4 is 5.91 Å². The maximum Gasteiger partial charge on any atom is 0.243 e. The number of aromatic nitrogens is 2. The Morgan fingerprint density at radius 1 is 1.33 bits per heavy atom. The van der Waals surface area contributed by atoms with E-state index in [1.807, 2.05) is 0 Å². The van der Waals surface area contributed by atoms with E-state index in [4.69, 9.17) is 0 Å². The molecular weight excluding hydrogens is 276 g/mol. The molecule has 0 saturated heterocycles. The molecule has 0 fully saturated rings. The third kappa shape index (κ3) is 3.65. The summed E-state index contributed by atoms with van der Waals surface area (Å²) in [5.41, 5.74) is -0.0133. The van der Waals surface area contributed by atoms with Gasteiger partial charge >= 0.3 is 0 Å². The summed E-state index contributed by atoms with van der Waals surface area (Å²) < 4.78 is 28.8. The Labute approximate surface area is 121 Å². The molecule has 0 aliphatic heterocycles. The Bertz CT molecular complexity index is 593. The summed E-state index contributed by atoms with van der Waals surface area (Å²) in [6, 6.07) is 2.93. The molecule has 1 N–H and O–H groups in total. The lowest BCUT2D eigenvalue weighted by Crippen LogP contribution is -2.38. The minimum atomic E-state index is -0.598. The number of halogens is 2. The highest BCUT2D eigenvalue weighted by Crippen LogP contribution is 2.14. The molecule has 1 heterocycles. The van der Waals surface area contributed by atoms with Gasteiger partial charge < -0.3 is 9.88 Å². The molecule has 2 atom stereocenters. The van der Waals surface area contributed by atoms with Gasteiger partial charge in [-0.25, -0.2) is 13.8 Å². The summed E-state index contributed by atoms with van der Waals surface area (Å²) in [6.07, 6.45) is 4.92. The van der Waals surface area contributed by atoms with Gasteiger partial charge in [-0.15, -0.1) is 0 Å². The Balaban J connectivity index is 1.98. The van der Waals surface area contributed by atoms with E-state index in [9.17, 15) is 13.6 Å². The molecule has 1 aromatic carbocycles. The summed E-state index contributed by atoms with van der Waals surface area (Å²) in [7, 11) is 0. The Hall–Kier alpha value is -2.24. The molecule has 21 heavy (non-hydrogen) atoms. The van der Waals surface area contributed by atoms with E-state index in [2.05, 4.69) is 10.3 Å². The zero-order chi connectivity index (χ0) is 15.4. The number of imidazole rings is 1. The van der Waals surface area contributed by atoms with Crippen LogP contribution >= 0.6 is 0 Å². The second-order valence-corrected chi connectivity index (χ2v) is 5.00. The van der Waals surface area contributed by atoms with Crippen molar-refractivity contribution in [2.45, 2.75) is 32.4 Å². The molecule has 1 aromatic heterocycles. The van der Waals surface area contributed by atoms with Crippen molar-refractivity contribution < 1.29 is 13.6 Å². The fourth-order valence-corrected chi connectivity index (χ4v) is 2.08. The van der Waals surface area contributed by atoms with Gasteiger partial charge in [0.25, 0.3) is 0 Å². The lowest BCUT2D eigenvalue weighted by molar-refractivity contribution is -0.124. The predicted octanol–water partition coefficient (Wildman–Crippen LogP) is 2.47. The van der Waals surface area contributed by atoms with Crippen LogP contribution in [0, 0.1) is 11.6 Å². The van der Waals surface area contributed by atoms with Crippen LogP contribution in [0.2, 0.25) is 0 Å². The molecule has 1 amide bonds. The van der Waals surface area contributed by atoms with E-state index >= 15 is 0 Å². The SMILES string of the molecule is C[C@@H](Cc1c(F)cccc1F)NC(=O)[C@H](C)n1ccnc1. The van der Waals surface area contributed by atoms with Gasteiger partial charge in [0.05, 0.1) is 6.33 Å². The number of rotatable bonds is 5. The average Bonchev–Trinajstić information content (AvgIpc) is 2.96. The van der Waals surface area contributed by atoms with Gasteiger partial charge in [0.1, 0.15) is 17.7 Å². The smallest absolute Gasteiger partial charge is 0.243 e. The van der Waals surface area contributed by atoms with Gasteiger partial charge in [0.15, 0.2) is 0 Å². The highest BCUT2D eigenvalue weighted by Gasteiger charge is 2.18. The van der Waals surface area contributed by atoms with Crippen molar-refractivity contribution in [1.29, 1.82) is 0 Å². The number of carbonyl (C=O) groups is 1. The largest absolute Gasteiger partial charge is 0.352 e. The molecule has 0 unspecified atom stereocenters. The van der Waals surface area contributed by atoms with Crippen LogP contribution in [0.3, 0.4) is 0 Å². The molecule has 112 valence electrons. The van der Waals surface area contributed by atoms with Gasteiger partial charge in [0.2, 0.25) is 5.91 Å². The van der Waals surface area contributed by atoms with Crippen LogP contribution < -0.4 is 5.32 Å². The van der Waals surface area contributed by atoms with Gasteiger partial charge in [-0.1, -0.05) is 6.07 Å². The third-order valence-electron chi connectivity index (χ3n) is 3.31. The molecule has 2 rings (SSSR count). The van der Waals surface area contributed by atoms with E-state index in [1.165, 1.54) is 18.2 Å². The van der Waals surface area contributed by atoms with Crippen LogP contribution in [0.15, 0.2) is 36.9 Å². The Morgan fingerprint density at radius 2 is 2.00 bits per heavy atom. The summed E-state index contributed by atoms with van der Waals surface area (Å²) in [4.78, 5) is 15.9. The monoisotopic (exact) mass is 293 g/mol. The van der Waals surface area contributed by atoms with E-state index < -0.39 is 17.7 Å². The molecule has 4 nitrogen and oxygen atoms in total. The summed E-state index contributed by atoms with van der Waals surface area (Å²) in [5.74, 6) is -1.42. The van der Waals surface area contributed by atoms with E-state index in [1.54, 1.807) is 37.1 Å². The van der Waals surface area contributed by atoms with Crippen molar-refractivity contribution in [2.24, 2.45) is 0 Å². The highest BCUT2D eigenvalue weighted by atomic mass is 19.1. The zero-order valence-corrected chi connectivity index (χ0v) is 11.9. The van der Waals surface area contributed by atoms with Gasteiger partial charge in [-0.3, -0.25) is 4.79 Å². The Kier molecular flexibility index (Phi) is 4.67. The second kappa shape index (κ2) is 6.47. The molecule has 6 heteroatoms. The summed E-state index contributed by atoms with van der Waals surface area (Å²) >= 11 is 0. The van der Waals surface area contributed by atoms with Gasteiger partial charge in [0, 0.05) is 24.0 Å². The number of nitrogens with zero attached hydrogens (tertiary/aromatic N) is 2. The van der Waals surface area contributed by atoms with Crippen molar-refractivity contribution in [2.75, 3.05) is 0 Å². The molecule has 0 spiro atoms. The number of carbonyl (C=O) groups excluding carboxylic acids is 1. The number of hydrogen-bond acceptors (Lipinski definition) is 2. The fourth-order valence-electron chi connectivity index (χ4n) is 2.08. The van der Waals surface area contributed by atoms with E-state index in [0.29, 0.717) is 0 Å². The van der Waals surface area contributed by atoms with Gasteiger partial charge in [-0.05, 0) is 32.4 Å². The summed E-state index contributed by atoms with van der Waals surface area (Å²) in [6.45, 7) is 3.44.